The van der Waals surface area contributed by atoms with Crippen LogP contribution in [-0.4, -0.2) is 5.78 Å². The molecule has 0 aromatic rings. The van der Waals surface area contributed by atoms with Crippen molar-refractivity contribution in [3.05, 3.63) is 12.2 Å². The zero-order valence-electron chi connectivity index (χ0n) is 11.2. The lowest BCUT2D eigenvalue weighted by molar-refractivity contribution is -0.119. The van der Waals surface area contributed by atoms with Gasteiger partial charge in [-0.3, -0.25) is 4.79 Å². The van der Waals surface area contributed by atoms with Crippen LogP contribution >= 0.6 is 0 Å². The molecule has 0 aliphatic rings. The van der Waals surface area contributed by atoms with Crippen LogP contribution in [0.1, 0.15) is 78.1 Å². The molecular weight excluding hydrogens is 196 g/mol. The van der Waals surface area contributed by atoms with Crippen LogP contribution < -0.4 is 0 Å². The van der Waals surface area contributed by atoms with Gasteiger partial charge in [0.05, 0.1) is 0 Å². The van der Waals surface area contributed by atoms with E-state index in [-0.39, 0.29) is 0 Å². The zero-order valence-corrected chi connectivity index (χ0v) is 11.2. The van der Waals surface area contributed by atoms with Gasteiger partial charge in [0.1, 0.15) is 5.78 Å². The number of ketones is 1. The Kier molecular flexibility index (Phi) is 10.5. The van der Waals surface area contributed by atoms with Gasteiger partial charge in [-0.1, -0.05) is 51.0 Å². The summed E-state index contributed by atoms with van der Waals surface area (Å²) in [4.78, 5) is 11.4. The SMILES string of the molecule is C=C(C)CCC(=O)CCCCCCCCC. The maximum atomic E-state index is 11.4. The fraction of sp³-hybridized carbons (Fsp3) is 0.800. The number of allylic oxidation sites excluding steroid dienone is 1. The van der Waals surface area contributed by atoms with Gasteiger partial charge in [-0.25, -0.2) is 0 Å². The number of rotatable bonds is 11. The minimum atomic E-state index is 0.413. The lowest BCUT2D eigenvalue weighted by Crippen LogP contribution is -1.97. The summed E-state index contributed by atoms with van der Waals surface area (Å²) in [6.45, 7) is 8.04. The number of carbonyl (C=O) groups is 1. The smallest absolute Gasteiger partial charge is 0.133 e. The molecule has 0 N–H and O–H groups in total. The molecule has 16 heavy (non-hydrogen) atoms. The largest absolute Gasteiger partial charge is 0.300 e. The summed E-state index contributed by atoms with van der Waals surface area (Å²) in [5.41, 5.74) is 1.12. The van der Waals surface area contributed by atoms with Crippen molar-refractivity contribution in [2.75, 3.05) is 0 Å². The van der Waals surface area contributed by atoms with Crippen molar-refractivity contribution < 1.29 is 4.79 Å². The molecule has 0 aliphatic carbocycles. The van der Waals surface area contributed by atoms with E-state index in [9.17, 15) is 4.79 Å². The van der Waals surface area contributed by atoms with E-state index in [2.05, 4.69) is 13.5 Å². The molecule has 1 heteroatoms. The normalized spacial score (nSPS) is 10.4. The summed E-state index contributed by atoms with van der Waals surface area (Å²) >= 11 is 0. The molecule has 0 aliphatic heterocycles. The van der Waals surface area contributed by atoms with E-state index in [1.165, 1.54) is 38.5 Å². The summed E-state index contributed by atoms with van der Waals surface area (Å²) in [5.74, 6) is 0.413. The van der Waals surface area contributed by atoms with Crippen molar-refractivity contribution in [3.63, 3.8) is 0 Å². The summed E-state index contributed by atoms with van der Waals surface area (Å²) in [6, 6.07) is 0. The third-order valence-corrected chi connectivity index (χ3v) is 2.89. The van der Waals surface area contributed by atoms with E-state index >= 15 is 0 Å². The summed E-state index contributed by atoms with van der Waals surface area (Å²) in [5, 5.41) is 0. The first-order valence-electron chi connectivity index (χ1n) is 6.83. The topological polar surface area (TPSA) is 17.1 Å². The molecule has 0 amide bonds. The molecule has 0 heterocycles. The fourth-order valence-electron chi connectivity index (χ4n) is 1.76. The van der Waals surface area contributed by atoms with E-state index in [1.807, 2.05) is 6.92 Å². The molecule has 0 atom stereocenters. The van der Waals surface area contributed by atoms with E-state index < -0.39 is 0 Å². The third-order valence-electron chi connectivity index (χ3n) is 2.89. The maximum absolute atomic E-state index is 11.4. The van der Waals surface area contributed by atoms with E-state index in [1.54, 1.807) is 0 Å². The third kappa shape index (κ3) is 11.5. The van der Waals surface area contributed by atoms with E-state index in [4.69, 9.17) is 0 Å². The van der Waals surface area contributed by atoms with Gasteiger partial charge in [-0.05, 0) is 19.8 Å². The van der Waals surface area contributed by atoms with Crippen LogP contribution in [0.25, 0.3) is 0 Å². The lowest BCUT2D eigenvalue weighted by Gasteiger charge is -2.02. The number of unbranched alkanes of at least 4 members (excludes halogenated alkanes) is 6. The molecule has 0 rings (SSSR count). The van der Waals surface area contributed by atoms with Crippen molar-refractivity contribution in [3.8, 4) is 0 Å². The quantitative estimate of drug-likeness (QED) is 0.354. The monoisotopic (exact) mass is 224 g/mol. The zero-order chi connectivity index (χ0) is 12.2. The first-order valence-corrected chi connectivity index (χ1v) is 6.83. The number of hydrogen-bond donors (Lipinski definition) is 0. The Bertz CT molecular complexity index is 194. The van der Waals surface area contributed by atoms with Gasteiger partial charge in [0, 0.05) is 12.8 Å². The van der Waals surface area contributed by atoms with Gasteiger partial charge >= 0.3 is 0 Å². The number of Topliss-reactive ketones (excluding diaryl/α,β-unsaturated/α-hetero) is 1. The standard InChI is InChI=1S/C15H28O/c1-4-5-6-7-8-9-10-11-15(16)13-12-14(2)3/h2,4-13H2,1,3H3. The minimum Gasteiger partial charge on any atom is -0.300 e. The Morgan fingerprint density at radius 1 is 0.875 bits per heavy atom. The molecule has 0 aromatic carbocycles. The molecule has 0 bridgehead atoms. The molecule has 0 spiro atoms. The van der Waals surface area contributed by atoms with Gasteiger partial charge in [0.15, 0.2) is 0 Å². The van der Waals surface area contributed by atoms with Gasteiger partial charge < -0.3 is 0 Å². The molecule has 0 radical (unpaired) electrons. The van der Waals surface area contributed by atoms with Gasteiger partial charge in [-0.2, -0.15) is 0 Å². The molecular formula is C15H28O. The van der Waals surface area contributed by atoms with Gasteiger partial charge in [0.25, 0.3) is 0 Å². The molecule has 1 nitrogen and oxygen atoms in total. The lowest BCUT2D eigenvalue weighted by atomic mass is 10.0. The Hall–Kier alpha value is -0.590. The molecule has 94 valence electrons. The van der Waals surface area contributed by atoms with Crippen LogP contribution in [0, 0.1) is 0 Å². The number of carbonyl (C=O) groups excluding carboxylic acids is 1. The summed E-state index contributed by atoms with van der Waals surface area (Å²) in [7, 11) is 0. The van der Waals surface area contributed by atoms with Crippen molar-refractivity contribution in [2.24, 2.45) is 0 Å². The van der Waals surface area contributed by atoms with Crippen LogP contribution in [0.2, 0.25) is 0 Å². The van der Waals surface area contributed by atoms with Crippen molar-refractivity contribution >= 4 is 5.78 Å². The second-order valence-electron chi connectivity index (χ2n) is 4.87. The van der Waals surface area contributed by atoms with E-state index in [0.29, 0.717) is 12.2 Å². The van der Waals surface area contributed by atoms with Crippen LogP contribution in [0.4, 0.5) is 0 Å². The molecule has 0 unspecified atom stereocenters. The van der Waals surface area contributed by atoms with Crippen molar-refractivity contribution in [1.29, 1.82) is 0 Å². The first-order chi connectivity index (χ1) is 7.66. The maximum Gasteiger partial charge on any atom is 0.133 e. The van der Waals surface area contributed by atoms with Crippen LogP contribution in [0.3, 0.4) is 0 Å². The van der Waals surface area contributed by atoms with Crippen molar-refractivity contribution in [2.45, 2.75) is 78.1 Å². The Balaban J connectivity index is 3.18. The fourth-order valence-corrected chi connectivity index (χ4v) is 1.76. The van der Waals surface area contributed by atoms with Crippen LogP contribution in [0.15, 0.2) is 12.2 Å². The van der Waals surface area contributed by atoms with E-state index in [0.717, 1.165) is 24.8 Å². The Morgan fingerprint density at radius 3 is 2.00 bits per heavy atom. The first kappa shape index (κ1) is 15.4. The summed E-state index contributed by atoms with van der Waals surface area (Å²) < 4.78 is 0. The second-order valence-corrected chi connectivity index (χ2v) is 4.87. The number of hydrogen-bond acceptors (Lipinski definition) is 1. The average Bonchev–Trinajstić information content (AvgIpc) is 2.25. The van der Waals surface area contributed by atoms with Crippen LogP contribution in [0.5, 0.6) is 0 Å². The van der Waals surface area contributed by atoms with Crippen LogP contribution in [-0.2, 0) is 4.79 Å². The van der Waals surface area contributed by atoms with Gasteiger partial charge in [0.2, 0.25) is 0 Å². The summed E-state index contributed by atoms with van der Waals surface area (Å²) in [6.07, 6.45) is 11.3. The average molecular weight is 224 g/mol. The second kappa shape index (κ2) is 10.9. The molecule has 0 saturated heterocycles. The van der Waals surface area contributed by atoms with Gasteiger partial charge in [-0.15, -0.1) is 6.58 Å². The predicted molar refractivity (Wildman–Crippen MR) is 71.7 cm³/mol. The predicted octanol–water partition coefficient (Wildman–Crippen LogP) is 5.05. The minimum absolute atomic E-state index is 0.413. The molecule has 0 saturated carbocycles. The molecule has 0 aromatic heterocycles. The Morgan fingerprint density at radius 2 is 1.44 bits per heavy atom. The van der Waals surface area contributed by atoms with Crippen molar-refractivity contribution in [1.82, 2.24) is 0 Å². The highest BCUT2D eigenvalue weighted by molar-refractivity contribution is 5.78. The highest BCUT2D eigenvalue weighted by atomic mass is 16.1. The highest BCUT2D eigenvalue weighted by Crippen LogP contribution is 2.10. The Labute approximate surface area is 101 Å². The highest BCUT2D eigenvalue weighted by Gasteiger charge is 2.01. The molecule has 0 fully saturated rings.